The monoisotopic (exact) mass is 315 g/mol. The average Bonchev–Trinajstić information content (AvgIpc) is 2.91. The van der Waals surface area contributed by atoms with Crippen LogP contribution in [0, 0.1) is 6.92 Å². The van der Waals surface area contributed by atoms with Crippen LogP contribution in [-0.4, -0.2) is 27.3 Å². The lowest BCUT2D eigenvalue weighted by Gasteiger charge is -2.26. The zero-order valence-corrected chi connectivity index (χ0v) is 14.4. The number of amides is 2. The van der Waals surface area contributed by atoms with Gasteiger partial charge in [0.15, 0.2) is 5.82 Å². The molecular weight excluding hydrogens is 290 g/mol. The minimum absolute atomic E-state index is 0.141. The Morgan fingerprint density at radius 2 is 2.13 bits per heavy atom. The van der Waals surface area contributed by atoms with Crippen molar-refractivity contribution >= 4 is 6.03 Å². The number of aryl methyl sites for hydroxylation is 2. The predicted octanol–water partition coefficient (Wildman–Crippen LogP) is 2.46. The van der Waals surface area contributed by atoms with Crippen molar-refractivity contribution in [3.8, 4) is 0 Å². The van der Waals surface area contributed by atoms with E-state index in [2.05, 4.69) is 59.8 Å². The van der Waals surface area contributed by atoms with Crippen molar-refractivity contribution in [2.75, 3.05) is 6.54 Å². The molecule has 0 fully saturated rings. The van der Waals surface area contributed by atoms with E-state index in [1.807, 2.05) is 20.0 Å². The minimum Gasteiger partial charge on any atom is -0.337 e. The molecule has 0 aliphatic carbocycles. The number of hydrogen-bond donors (Lipinski definition) is 2. The highest BCUT2D eigenvalue weighted by molar-refractivity contribution is 5.74. The second-order valence-electron chi connectivity index (χ2n) is 6.60. The molecule has 23 heavy (non-hydrogen) atoms. The van der Waals surface area contributed by atoms with Crippen LogP contribution in [0.2, 0.25) is 0 Å². The number of nitrogens with zero attached hydrogens (tertiary/aromatic N) is 3. The first-order valence-electron chi connectivity index (χ1n) is 7.75. The van der Waals surface area contributed by atoms with Crippen LogP contribution in [-0.2, 0) is 12.5 Å². The third-order valence-corrected chi connectivity index (χ3v) is 3.97. The molecule has 2 rings (SSSR count). The molecule has 0 spiro atoms. The van der Waals surface area contributed by atoms with Crippen molar-refractivity contribution in [3.63, 3.8) is 0 Å². The maximum Gasteiger partial charge on any atom is 0.315 e. The molecule has 124 valence electrons. The number of rotatable bonds is 5. The van der Waals surface area contributed by atoms with E-state index < -0.39 is 0 Å². The highest BCUT2D eigenvalue weighted by Crippen LogP contribution is 2.23. The van der Waals surface area contributed by atoms with Gasteiger partial charge < -0.3 is 15.2 Å². The fourth-order valence-electron chi connectivity index (χ4n) is 2.47. The summed E-state index contributed by atoms with van der Waals surface area (Å²) < 4.78 is 1.79. The minimum atomic E-state index is -0.207. The molecule has 0 saturated carbocycles. The molecule has 2 N–H and O–H groups in total. The largest absolute Gasteiger partial charge is 0.337 e. The number of nitrogens with one attached hydrogen (secondary N) is 2. The Kier molecular flexibility index (Phi) is 5.03. The molecule has 6 nitrogen and oxygen atoms in total. The van der Waals surface area contributed by atoms with Crippen LogP contribution in [0.25, 0.3) is 0 Å². The average molecular weight is 315 g/mol. The lowest BCUT2D eigenvalue weighted by molar-refractivity contribution is 0.234. The Labute approximate surface area is 137 Å². The van der Waals surface area contributed by atoms with Crippen molar-refractivity contribution in [3.05, 3.63) is 47.5 Å². The van der Waals surface area contributed by atoms with E-state index in [0.717, 1.165) is 5.82 Å². The van der Waals surface area contributed by atoms with Gasteiger partial charge in [-0.15, -0.1) is 10.2 Å². The van der Waals surface area contributed by atoms with Crippen LogP contribution >= 0.6 is 0 Å². The maximum absolute atomic E-state index is 12.1. The van der Waals surface area contributed by atoms with Crippen LogP contribution in [0.1, 0.15) is 43.8 Å². The number of carbonyl (C=O) groups is 1. The lowest BCUT2D eigenvalue weighted by Crippen LogP contribution is -2.43. The Morgan fingerprint density at radius 1 is 1.39 bits per heavy atom. The maximum atomic E-state index is 12.1. The fourth-order valence-corrected chi connectivity index (χ4v) is 2.47. The second kappa shape index (κ2) is 6.81. The quantitative estimate of drug-likeness (QED) is 0.890. The Balaban J connectivity index is 1.92. The summed E-state index contributed by atoms with van der Waals surface area (Å²) in [6, 6.07) is 7.95. The molecule has 1 aromatic carbocycles. The van der Waals surface area contributed by atoms with Gasteiger partial charge in [0.1, 0.15) is 6.33 Å². The lowest BCUT2D eigenvalue weighted by atomic mass is 9.84. The van der Waals surface area contributed by atoms with Crippen molar-refractivity contribution in [2.45, 2.75) is 39.2 Å². The van der Waals surface area contributed by atoms with Gasteiger partial charge >= 0.3 is 6.03 Å². The smallest absolute Gasteiger partial charge is 0.315 e. The standard InChI is InChI=1S/C17H25N5O/c1-12-7-6-8-14(9-12)17(3,4)10-18-16(23)20-13(2)15-21-19-11-22(15)5/h6-9,11,13H,10H2,1-5H3,(H2,18,20,23)/t13-/m1/s1. The summed E-state index contributed by atoms with van der Waals surface area (Å²) in [5, 5.41) is 13.7. The number of urea groups is 1. The zero-order chi connectivity index (χ0) is 17.0. The van der Waals surface area contributed by atoms with E-state index in [1.54, 1.807) is 10.9 Å². The summed E-state index contributed by atoms with van der Waals surface area (Å²) in [4.78, 5) is 12.1. The Morgan fingerprint density at radius 3 is 2.74 bits per heavy atom. The van der Waals surface area contributed by atoms with Gasteiger partial charge in [-0.2, -0.15) is 0 Å². The summed E-state index contributed by atoms with van der Waals surface area (Å²) in [7, 11) is 1.85. The molecule has 0 saturated heterocycles. The van der Waals surface area contributed by atoms with Gasteiger partial charge in [-0.1, -0.05) is 43.7 Å². The topological polar surface area (TPSA) is 71.8 Å². The number of aromatic nitrogens is 3. The summed E-state index contributed by atoms with van der Waals surface area (Å²) in [5.41, 5.74) is 2.28. The van der Waals surface area contributed by atoms with E-state index >= 15 is 0 Å². The predicted molar refractivity (Wildman–Crippen MR) is 90.2 cm³/mol. The summed E-state index contributed by atoms with van der Waals surface area (Å²) in [5.74, 6) is 0.720. The first-order chi connectivity index (χ1) is 10.8. The third-order valence-electron chi connectivity index (χ3n) is 3.97. The molecule has 6 heteroatoms. The first-order valence-corrected chi connectivity index (χ1v) is 7.75. The van der Waals surface area contributed by atoms with Crippen molar-refractivity contribution in [1.29, 1.82) is 0 Å². The van der Waals surface area contributed by atoms with Gasteiger partial charge in [-0.05, 0) is 19.4 Å². The van der Waals surface area contributed by atoms with Crippen LogP contribution in [0.5, 0.6) is 0 Å². The molecule has 0 bridgehead atoms. The van der Waals surface area contributed by atoms with Crippen LogP contribution in [0.4, 0.5) is 4.79 Å². The number of hydrogen-bond acceptors (Lipinski definition) is 3. The van der Waals surface area contributed by atoms with Gasteiger partial charge in [0.2, 0.25) is 0 Å². The van der Waals surface area contributed by atoms with Crippen molar-refractivity contribution in [1.82, 2.24) is 25.4 Å². The molecule has 0 aliphatic rings. The van der Waals surface area contributed by atoms with Gasteiger partial charge in [0.05, 0.1) is 6.04 Å². The van der Waals surface area contributed by atoms with E-state index in [-0.39, 0.29) is 17.5 Å². The highest BCUT2D eigenvalue weighted by atomic mass is 16.2. The zero-order valence-electron chi connectivity index (χ0n) is 14.4. The summed E-state index contributed by atoms with van der Waals surface area (Å²) in [6.45, 7) is 8.74. The van der Waals surface area contributed by atoms with E-state index in [9.17, 15) is 4.79 Å². The Hall–Kier alpha value is -2.37. The molecule has 0 aliphatic heterocycles. The summed E-state index contributed by atoms with van der Waals surface area (Å²) in [6.07, 6.45) is 1.62. The number of carbonyl (C=O) groups excluding carboxylic acids is 1. The highest BCUT2D eigenvalue weighted by Gasteiger charge is 2.22. The number of benzene rings is 1. The van der Waals surface area contributed by atoms with Gasteiger partial charge in [0, 0.05) is 19.0 Å². The van der Waals surface area contributed by atoms with Gasteiger partial charge in [-0.25, -0.2) is 4.79 Å². The fraction of sp³-hybridized carbons (Fsp3) is 0.471. The molecule has 1 atom stereocenters. The third kappa shape index (κ3) is 4.31. The molecule has 2 amide bonds. The van der Waals surface area contributed by atoms with E-state index in [1.165, 1.54) is 11.1 Å². The molecule has 1 aromatic heterocycles. The second-order valence-corrected chi connectivity index (χ2v) is 6.60. The van der Waals surface area contributed by atoms with Gasteiger partial charge in [-0.3, -0.25) is 0 Å². The Bertz CT molecular complexity index is 677. The molecule has 2 aromatic rings. The van der Waals surface area contributed by atoms with Gasteiger partial charge in [0.25, 0.3) is 0 Å². The van der Waals surface area contributed by atoms with E-state index in [0.29, 0.717) is 6.54 Å². The van der Waals surface area contributed by atoms with Crippen LogP contribution in [0.15, 0.2) is 30.6 Å². The van der Waals surface area contributed by atoms with Crippen LogP contribution in [0.3, 0.4) is 0 Å². The van der Waals surface area contributed by atoms with Crippen LogP contribution < -0.4 is 10.6 Å². The van der Waals surface area contributed by atoms with E-state index in [4.69, 9.17) is 0 Å². The molecule has 0 unspecified atom stereocenters. The summed E-state index contributed by atoms with van der Waals surface area (Å²) >= 11 is 0. The molecular formula is C17H25N5O. The SMILES string of the molecule is Cc1cccc(C(C)(C)CNC(=O)N[C@H](C)c2nncn2C)c1. The normalized spacial score (nSPS) is 12.7. The van der Waals surface area contributed by atoms with Crippen molar-refractivity contribution < 1.29 is 4.79 Å². The molecule has 1 heterocycles. The molecule has 0 radical (unpaired) electrons. The first kappa shape index (κ1) is 17.0. The van der Waals surface area contributed by atoms with Crippen molar-refractivity contribution in [2.24, 2.45) is 7.05 Å².